The van der Waals surface area contributed by atoms with Crippen molar-refractivity contribution in [3.8, 4) is 34.0 Å². The summed E-state index contributed by atoms with van der Waals surface area (Å²) in [7, 11) is -3.83. The first-order valence-corrected chi connectivity index (χ1v) is 10.9. The summed E-state index contributed by atoms with van der Waals surface area (Å²) >= 11 is 0. The Kier molecular flexibility index (Phi) is 5.49. The van der Waals surface area contributed by atoms with Gasteiger partial charge in [-0.25, -0.2) is 23.3 Å². The van der Waals surface area contributed by atoms with Gasteiger partial charge in [0.25, 0.3) is 0 Å². The maximum absolute atomic E-state index is 11.6. The Hall–Kier alpha value is -3.99. The largest absolute Gasteiger partial charge is 0.435 e. The van der Waals surface area contributed by atoms with Gasteiger partial charge in [0.2, 0.25) is 15.9 Å². The predicted octanol–water partition coefficient (Wildman–Crippen LogP) is 3.60. The van der Waals surface area contributed by atoms with Crippen LogP contribution in [0.3, 0.4) is 0 Å². The van der Waals surface area contributed by atoms with E-state index in [-0.39, 0.29) is 16.5 Å². The molecule has 0 atom stereocenters. The Bertz CT molecular complexity index is 1380. The van der Waals surface area contributed by atoms with Crippen LogP contribution in [0.15, 0.2) is 88.2 Å². The highest BCUT2D eigenvalue weighted by atomic mass is 32.2. The molecule has 0 bridgehead atoms. The molecule has 0 saturated heterocycles. The van der Waals surface area contributed by atoms with E-state index >= 15 is 0 Å². The molecule has 32 heavy (non-hydrogen) atoms. The molecule has 10 heteroatoms. The number of anilines is 1. The van der Waals surface area contributed by atoms with Gasteiger partial charge in [0.05, 0.1) is 10.6 Å². The van der Waals surface area contributed by atoms with Crippen LogP contribution >= 0.6 is 0 Å². The van der Waals surface area contributed by atoms with Gasteiger partial charge >= 0.3 is 6.03 Å². The molecular weight excluding hydrogens is 432 g/mol. The average molecular weight is 450 g/mol. The molecule has 0 fully saturated rings. The number of sulfonamides is 1. The van der Waals surface area contributed by atoms with E-state index < -0.39 is 16.1 Å². The molecule has 5 N–H and O–H groups in total. The Labute approximate surface area is 183 Å². The van der Waals surface area contributed by atoms with E-state index in [0.717, 1.165) is 5.56 Å². The van der Waals surface area contributed by atoms with Crippen LogP contribution in [-0.4, -0.2) is 24.6 Å². The van der Waals surface area contributed by atoms with Gasteiger partial charge in [-0.3, -0.25) is 5.21 Å². The highest BCUT2D eigenvalue weighted by Crippen LogP contribution is 2.36. The number of primary amides is 1. The van der Waals surface area contributed by atoms with Gasteiger partial charge in [-0.05, 0) is 30.3 Å². The van der Waals surface area contributed by atoms with Gasteiger partial charge in [-0.1, -0.05) is 48.5 Å². The van der Waals surface area contributed by atoms with Crippen molar-refractivity contribution >= 4 is 21.7 Å². The normalized spacial score (nSPS) is 11.3. The number of benzene rings is 3. The molecule has 0 radical (unpaired) electrons. The number of hydrogen-bond donors (Lipinski definition) is 3. The molecule has 0 aliphatic rings. The maximum Gasteiger partial charge on any atom is 0.343 e. The van der Waals surface area contributed by atoms with Crippen LogP contribution in [0.25, 0.3) is 34.0 Å². The summed E-state index contributed by atoms with van der Waals surface area (Å²) < 4.78 is 29.2. The Morgan fingerprint density at radius 3 is 2.19 bits per heavy atom. The van der Waals surface area contributed by atoms with Crippen LogP contribution in [-0.2, 0) is 10.0 Å². The third-order valence-corrected chi connectivity index (χ3v) is 5.60. The molecule has 1 aromatic heterocycles. The summed E-state index contributed by atoms with van der Waals surface area (Å²) in [4.78, 5) is 15.9. The molecule has 1 heterocycles. The SMILES string of the molecule is NC(=O)N(O)c1cccc(-c2nc(-c3ccc(S(N)(=O)=O)cc3)c(-c3ccccc3)o2)c1. The van der Waals surface area contributed by atoms with Crippen molar-refractivity contribution in [3.63, 3.8) is 0 Å². The average Bonchev–Trinajstić information content (AvgIpc) is 3.24. The summed E-state index contributed by atoms with van der Waals surface area (Å²) in [6.45, 7) is 0. The van der Waals surface area contributed by atoms with E-state index in [4.69, 9.17) is 15.3 Å². The third-order valence-electron chi connectivity index (χ3n) is 4.67. The number of primary sulfonamides is 1. The quantitative estimate of drug-likeness (QED) is 0.312. The van der Waals surface area contributed by atoms with Crippen molar-refractivity contribution in [1.82, 2.24) is 4.98 Å². The number of hydroxylamine groups is 1. The van der Waals surface area contributed by atoms with Crippen LogP contribution < -0.4 is 15.9 Å². The fourth-order valence-electron chi connectivity index (χ4n) is 3.12. The lowest BCUT2D eigenvalue weighted by Gasteiger charge is -2.12. The summed E-state index contributed by atoms with van der Waals surface area (Å²) in [5.41, 5.74) is 7.62. The fourth-order valence-corrected chi connectivity index (χ4v) is 3.64. The zero-order chi connectivity index (χ0) is 22.9. The lowest BCUT2D eigenvalue weighted by Crippen LogP contribution is -2.32. The van der Waals surface area contributed by atoms with E-state index in [9.17, 15) is 18.4 Å². The molecule has 0 aliphatic carbocycles. The highest BCUT2D eigenvalue weighted by Gasteiger charge is 2.20. The van der Waals surface area contributed by atoms with Crippen LogP contribution in [0, 0.1) is 0 Å². The van der Waals surface area contributed by atoms with Crippen LogP contribution in [0.4, 0.5) is 10.5 Å². The summed E-state index contributed by atoms with van der Waals surface area (Å²) in [5, 5.41) is 15.3. The number of carbonyl (C=O) groups excluding carboxylic acids is 1. The van der Waals surface area contributed by atoms with Gasteiger partial charge in [0.15, 0.2) is 5.76 Å². The highest BCUT2D eigenvalue weighted by molar-refractivity contribution is 7.89. The molecule has 0 spiro atoms. The van der Waals surface area contributed by atoms with Gasteiger partial charge in [0.1, 0.15) is 5.69 Å². The Morgan fingerprint density at radius 1 is 0.906 bits per heavy atom. The monoisotopic (exact) mass is 450 g/mol. The minimum atomic E-state index is -3.83. The van der Waals surface area contributed by atoms with Crippen molar-refractivity contribution in [2.45, 2.75) is 4.90 Å². The Morgan fingerprint density at radius 2 is 1.56 bits per heavy atom. The van der Waals surface area contributed by atoms with Crippen molar-refractivity contribution in [2.75, 3.05) is 5.06 Å². The van der Waals surface area contributed by atoms with Gasteiger partial charge in [-0.2, -0.15) is 5.06 Å². The smallest absolute Gasteiger partial charge is 0.343 e. The number of hydrogen-bond acceptors (Lipinski definition) is 6. The summed E-state index contributed by atoms with van der Waals surface area (Å²) in [6, 6.07) is 20.5. The first-order chi connectivity index (χ1) is 15.2. The first-order valence-electron chi connectivity index (χ1n) is 9.32. The number of urea groups is 1. The second kappa shape index (κ2) is 8.27. The molecule has 4 aromatic rings. The first kappa shape index (κ1) is 21.2. The van der Waals surface area contributed by atoms with E-state index in [1.165, 1.54) is 24.3 Å². The minimum absolute atomic E-state index is 0.0200. The topological polar surface area (TPSA) is 153 Å². The molecule has 4 rings (SSSR count). The second-order valence-electron chi connectivity index (χ2n) is 6.83. The minimum Gasteiger partial charge on any atom is -0.435 e. The third kappa shape index (κ3) is 4.23. The number of aromatic nitrogens is 1. The zero-order valence-corrected chi connectivity index (χ0v) is 17.4. The lowest BCUT2D eigenvalue weighted by molar-refractivity contribution is 0.212. The van der Waals surface area contributed by atoms with E-state index in [0.29, 0.717) is 27.6 Å². The van der Waals surface area contributed by atoms with Crippen LogP contribution in [0.5, 0.6) is 0 Å². The Balaban J connectivity index is 1.85. The molecule has 0 unspecified atom stereocenters. The van der Waals surface area contributed by atoms with Crippen molar-refractivity contribution < 1.29 is 22.8 Å². The molecule has 2 amide bonds. The van der Waals surface area contributed by atoms with Crippen molar-refractivity contribution in [1.29, 1.82) is 0 Å². The number of carbonyl (C=O) groups is 1. The standard InChI is InChI=1S/C22H18N4O5S/c23-22(27)26(28)17-8-4-7-16(13-17)21-25-19(20(31-21)15-5-2-1-3-6-15)14-9-11-18(12-10-14)32(24,29)30/h1-13,28H,(H2,23,27)(H2,24,29,30). The van der Waals surface area contributed by atoms with Crippen molar-refractivity contribution in [2.24, 2.45) is 10.9 Å². The number of rotatable bonds is 5. The summed E-state index contributed by atoms with van der Waals surface area (Å²) in [6.07, 6.45) is 0. The van der Waals surface area contributed by atoms with Gasteiger partial charge in [-0.15, -0.1) is 0 Å². The fraction of sp³-hybridized carbons (Fsp3) is 0. The summed E-state index contributed by atoms with van der Waals surface area (Å²) in [5.74, 6) is 0.694. The molecule has 9 nitrogen and oxygen atoms in total. The number of oxazole rings is 1. The predicted molar refractivity (Wildman–Crippen MR) is 118 cm³/mol. The number of nitrogens with zero attached hydrogens (tertiary/aromatic N) is 2. The molecule has 0 saturated carbocycles. The van der Waals surface area contributed by atoms with Crippen molar-refractivity contribution in [3.05, 3.63) is 78.9 Å². The van der Waals surface area contributed by atoms with Crippen LogP contribution in [0.1, 0.15) is 0 Å². The molecule has 3 aromatic carbocycles. The molecule has 162 valence electrons. The lowest BCUT2D eigenvalue weighted by atomic mass is 10.1. The number of amides is 2. The van der Waals surface area contributed by atoms with E-state index in [1.807, 2.05) is 30.3 Å². The second-order valence-corrected chi connectivity index (χ2v) is 8.39. The zero-order valence-electron chi connectivity index (χ0n) is 16.5. The molecule has 0 aliphatic heterocycles. The van der Waals surface area contributed by atoms with Gasteiger partial charge < -0.3 is 10.2 Å². The maximum atomic E-state index is 11.6. The number of nitrogens with two attached hydrogens (primary N) is 2. The van der Waals surface area contributed by atoms with Gasteiger partial charge in [0, 0.05) is 16.7 Å². The van der Waals surface area contributed by atoms with E-state index in [1.54, 1.807) is 24.3 Å². The molecular formula is C22H18N4O5S. The van der Waals surface area contributed by atoms with Crippen LogP contribution in [0.2, 0.25) is 0 Å². The van der Waals surface area contributed by atoms with E-state index in [2.05, 4.69) is 4.98 Å².